The molecule has 0 aliphatic carbocycles. The van der Waals surface area contributed by atoms with Crippen molar-refractivity contribution in [3.05, 3.63) is 35.4 Å². The lowest BCUT2D eigenvalue weighted by molar-refractivity contribution is 0.0992. The van der Waals surface area contributed by atoms with Gasteiger partial charge in [-0.1, -0.05) is 29.8 Å². The van der Waals surface area contributed by atoms with Crippen LogP contribution in [0.2, 0.25) is 0 Å². The molecule has 3 nitrogen and oxygen atoms in total. The second-order valence-electron chi connectivity index (χ2n) is 5.10. The van der Waals surface area contributed by atoms with Gasteiger partial charge in [-0.3, -0.25) is 9.00 Å². The van der Waals surface area contributed by atoms with Crippen LogP contribution >= 0.6 is 0 Å². The van der Waals surface area contributed by atoms with E-state index >= 15 is 0 Å². The molecule has 0 radical (unpaired) electrons. The first-order valence-corrected chi connectivity index (χ1v) is 7.90. The van der Waals surface area contributed by atoms with Crippen molar-refractivity contribution >= 4 is 16.6 Å². The van der Waals surface area contributed by atoms with Crippen molar-refractivity contribution < 1.29 is 13.7 Å². The maximum Gasteiger partial charge on any atom is 0.178 e. The Hall–Kier alpha value is -1.00. The molecule has 4 heteroatoms. The Balaban J connectivity index is 2.10. The minimum atomic E-state index is -1.18. The van der Waals surface area contributed by atoms with Crippen LogP contribution in [0.4, 0.5) is 0 Å². The van der Waals surface area contributed by atoms with Crippen LogP contribution in [0.25, 0.3) is 0 Å². The van der Waals surface area contributed by atoms with Crippen LogP contribution in [0.1, 0.15) is 36.2 Å². The number of aryl methyl sites for hydroxylation is 1. The zero-order valence-corrected chi connectivity index (χ0v) is 12.4. The number of carbonyl (C=O) groups is 1. The van der Waals surface area contributed by atoms with Crippen molar-refractivity contribution in [3.63, 3.8) is 0 Å². The van der Waals surface area contributed by atoms with Gasteiger partial charge in [0.1, 0.15) is 0 Å². The molecular weight excluding hydrogens is 260 g/mol. The molecule has 0 amide bonds. The van der Waals surface area contributed by atoms with Crippen LogP contribution in [0.5, 0.6) is 0 Å². The summed E-state index contributed by atoms with van der Waals surface area (Å²) < 4.78 is 17.9. The van der Waals surface area contributed by atoms with Crippen LogP contribution in [-0.4, -0.2) is 33.2 Å². The van der Waals surface area contributed by atoms with E-state index in [1.807, 2.05) is 26.0 Å². The van der Waals surface area contributed by atoms with E-state index in [2.05, 4.69) is 0 Å². The third-order valence-corrected chi connectivity index (χ3v) is 5.79. The second-order valence-corrected chi connectivity index (χ2v) is 7.07. The molecule has 4 atom stereocenters. The predicted molar refractivity (Wildman–Crippen MR) is 76.9 cm³/mol. The highest BCUT2D eigenvalue weighted by Crippen LogP contribution is 2.22. The minimum Gasteiger partial charge on any atom is -0.377 e. The van der Waals surface area contributed by atoms with E-state index in [1.165, 1.54) is 0 Å². The first-order chi connectivity index (χ1) is 9.00. The number of Topliss-reactive ketones (excluding diaryl/α,β-unsaturated/α-hetero) is 1. The number of ether oxygens (including phenoxy) is 1. The standard InChI is InChI=1S/C15H20O3S/c1-10-4-6-13(7-5-10)15(16)12(3)19(17)14-8-9-18-11(14)2/h4-7,11-12,14H,8-9H2,1-3H3. The van der Waals surface area contributed by atoms with E-state index in [0.717, 1.165) is 12.0 Å². The number of benzene rings is 1. The molecule has 1 saturated heterocycles. The van der Waals surface area contributed by atoms with E-state index in [-0.39, 0.29) is 17.1 Å². The highest BCUT2D eigenvalue weighted by atomic mass is 32.2. The number of ketones is 1. The van der Waals surface area contributed by atoms with Gasteiger partial charge in [0.2, 0.25) is 0 Å². The molecule has 0 aromatic heterocycles. The summed E-state index contributed by atoms with van der Waals surface area (Å²) in [6.45, 7) is 6.30. The van der Waals surface area contributed by atoms with E-state index < -0.39 is 16.0 Å². The average molecular weight is 280 g/mol. The van der Waals surface area contributed by atoms with Gasteiger partial charge in [0.15, 0.2) is 5.78 Å². The monoisotopic (exact) mass is 280 g/mol. The number of hydrogen-bond donors (Lipinski definition) is 0. The molecule has 1 aliphatic heterocycles. The third-order valence-electron chi connectivity index (χ3n) is 3.66. The normalized spacial score (nSPS) is 26.1. The van der Waals surface area contributed by atoms with Gasteiger partial charge in [-0.15, -0.1) is 0 Å². The topological polar surface area (TPSA) is 43.4 Å². The molecule has 0 bridgehead atoms. The molecular formula is C15H20O3S. The predicted octanol–water partition coefficient (Wildman–Crippen LogP) is 2.49. The van der Waals surface area contributed by atoms with Crippen molar-refractivity contribution in [1.29, 1.82) is 0 Å². The first-order valence-electron chi connectivity index (χ1n) is 6.62. The molecule has 0 saturated carbocycles. The van der Waals surface area contributed by atoms with E-state index in [1.54, 1.807) is 19.1 Å². The molecule has 1 aromatic carbocycles. The van der Waals surface area contributed by atoms with Crippen LogP contribution in [0, 0.1) is 6.92 Å². The summed E-state index contributed by atoms with van der Waals surface area (Å²) in [5.41, 5.74) is 1.75. The van der Waals surface area contributed by atoms with E-state index in [4.69, 9.17) is 4.74 Å². The van der Waals surface area contributed by atoms with Gasteiger partial charge in [-0.25, -0.2) is 0 Å². The SMILES string of the molecule is Cc1ccc(C(=O)C(C)S(=O)C2CCOC2C)cc1. The van der Waals surface area contributed by atoms with Crippen LogP contribution in [0.15, 0.2) is 24.3 Å². The van der Waals surface area contributed by atoms with Gasteiger partial charge in [0, 0.05) is 23.0 Å². The Kier molecular flexibility index (Phi) is 4.53. The fourth-order valence-corrected chi connectivity index (χ4v) is 3.99. The summed E-state index contributed by atoms with van der Waals surface area (Å²) in [6, 6.07) is 7.42. The maximum atomic E-state index is 12.4. The zero-order valence-electron chi connectivity index (χ0n) is 11.6. The van der Waals surface area contributed by atoms with E-state index in [9.17, 15) is 9.00 Å². The summed E-state index contributed by atoms with van der Waals surface area (Å²) in [6.07, 6.45) is 0.758. The number of rotatable bonds is 4. The highest BCUT2D eigenvalue weighted by Gasteiger charge is 2.34. The van der Waals surface area contributed by atoms with E-state index in [0.29, 0.717) is 12.2 Å². The van der Waals surface area contributed by atoms with Gasteiger partial charge >= 0.3 is 0 Å². The quantitative estimate of drug-likeness (QED) is 0.796. The molecule has 1 aromatic rings. The first kappa shape index (κ1) is 14.4. The average Bonchev–Trinajstić information content (AvgIpc) is 2.83. The largest absolute Gasteiger partial charge is 0.377 e. The van der Waals surface area contributed by atoms with Gasteiger partial charge in [0.25, 0.3) is 0 Å². The fourth-order valence-electron chi connectivity index (χ4n) is 2.34. The molecule has 4 unspecified atom stereocenters. The molecule has 1 aliphatic rings. The Labute approximate surface area is 116 Å². The minimum absolute atomic E-state index is 0.0194. The molecule has 1 fully saturated rings. The Morgan fingerprint density at radius 2 is 2.00 bits per heavy atom. The Morgan fingerprint density at radius 3 is 2.53 bits per heavy atom. The van der Waals surface area contributed by atoms with Crippen LogP contribution < -0.4 is 0 Å². The smallest absolute Gasteiger partial charge is 0.178 e. The number of hydrogen-bond acceptors (Lipinski definition) is 3. The van der Waals surface area contributed by atoms with Crippen LogP contribution in [0.3, 0.4) is 0 Å². The zero-order chi connectivity index (χ0) is 14.0. The van der Waals surface area contributed by atoms with Crippen molar-refractivity contribution in [2.45, 2.75) is 43.8 Å². The summed E-state index contributed by atoms with van der Waals surface area (Å²) in [5.74, 6) is -0.0440. The van der Waals surface area contributed by atoms with Gasteiger partial charge in [-0.05, 0) is 27.2 Å². The fraction of sp³-hybridized carbons (Fsp3) is 0.533. The Bertz CT molecular complexity index is 481. The summed E-state index contributed by atoms with van der Waals surface area (Å²) in [4.78, 5) is 12.3. The maximum absolute atomic E-state index is 12.4. The summed E-state index contributed by atoms with van der Waals surface area (Å²) in [7, 11) is -1.18. The summed E-state index contributed by atoms with van der Waals surface area (Å²) in [5, 5.41) is -0.499. The van der Waals surface area contributed by atoms with Crippen molar-refractivity contribution in [2.24, 2.45) is 0 Å². The van der Waals surface area contributed by atoms with Crippen LogP contribution in [-0.2, 0) is 15.5 Å². The third kappa shape index (κ3) is 3.12. The lowest BCUT2D eigenvalue weighted by Crippen LogP contribution is -2.34. The molecule has 19 heavy (non-hydrogen) atoms. The lowest BCUT2D eigenvalue weighted by Gasteiger charge is -2.18. The van der Waals surface area contributed by atoms with Gasteiger partial charge in [-0.2, -0.15) is 0 Å². The number of carbonyl (C=O) groups excluding carboxylic acids is 1. The summed E-state index contributed by atoms with van der Waals surface area (Å²) >= 11 is 0. The van der Waals surface area contributed by atoms with Crippen molar-refractivity contribution in [3.8, 4) is 0 Å². The van der Waals surface area contributed by atoms with Gasteiger partial charge in [0.05, 0.1) is 16.6 Å². The molecule has 2 rings (SSSR count). The second kappa shape index (κ2) is 5.97. The Morgan fingerprint density at radius 1 is 1.37 bits per heavy atom. The molecule has 1 heterocycles. The lowest BCUT2D eigenvalue weighted by atomic mass is 10.1. The molecule has 0 N–H and O–H groups in total. The van der Waals surface area contributed by atoms with Crippen molar-refractivity contribution in [1.82, 2.24) is 0 Å². The van der Waals surface area contributed by atoms with Gasteiger partial charge < -0.3 is 4.74 Å². The highest BCUT2D eigenvalue weighted by molar-refractivity contribution is 7.87. The molecule has 0 spiro atoms. The molecule has 104 valence electrons. The van der Waals surface area contributed by atoms with Crippen molar-refractivity contribution in [2.75, 3.05) is 6.61 Å².